The largest absolute Gasteiger partial charge is 0.356 e. The average molecular weight is 470 g/mol. The second-order valence-electron chi connectivity index (χ2n) is 8.45. The minimum absolute atomic E-state index is 0.0240. The zero-order valence-corrected chi connectivity index (χ0v) is 20.3. The van der Waals surface area contributed by atoms with Gasteiger partial charge in [-0.25, -0.2) is 0 Å². The van der Waals surface area contributed by atoms with Crippen LogP contribution in [0.25, 0.3) is 0 Å². The molecule has 1 unspecified atom stereocenters. The number of carbonyl (C=O) groups is 5. The summed E-state index contributed by atoms with van der Waals surface area (Å²) < 4.78 is 0. The van der Waals surface area contributed by atoms with E-state index in [1.54, 1.807) is 0 Å². The van der Waals surface area contributed by atoms with E-state index in [4.69, 9.17) is 5.73 Å². The van der Waals surface area contributed by atoms with Crippen molar-refractivity contribution in [2.24, 2.45) is 11.7 Å². The van der Waals surface area contributed by atoms with E-state index in [-0.39, 0.29) is 40.5 Å². The van der Waals surface area contributed by atoms with Gasteiger partial charge >= 0.3 is 0 Å². The van der Waals surface area contributed by atoms with E-state index in [2.05, 4.69) is 5.32 Å². The standard InChI is InChI=1S/C23H39N3O5S/c1-17(27)18(15-19(28)10-8-12-24)9-5-6-13-25-21(29)11-4-3-7-14-32-20-16-22(30)26(2)23(20)31/h18,20H,3-16,24H2,1-2H3,(H,25,29)/t18-,20?/m1/s1. The molecule has 1 saturated heterocycles. The Morgan fingerprint density at radius 2 is 1.84 bits per heavy atom. The topological polar surface area (TPSA) is 127 Å². The molecule has 3 N–H and O–H groups in total. The van der Waals surface area contributed by atoms with Crippen molar-refractivity contribution in [3.63, 3.8) is 0 Å². The maximum Gasteiger partial charge on any atom is 0.242 e. The SMILES string of the molecule is CC(=O)[C@H](CCCCNC(=O)CCCCCSC1CC(=O)N(C)C1=O)CC(=O)CCCN. The number of amides is 3. The molecule has 1 rings (SSSR count). The van der Waals surface area contributed by atoms with Crippen LogP contribution in [0.5, 0.6) is 0 Å². The Morgan fingerprint density at radius 3 is 2.47 bits per heavy atom. The number of carbonyl (C=O) groups excluding carboxylic acids is 5. The number of rotatable bonds is 18. The Balaban J connectivity index is 2.03. The first-order valence-corrected chi connectivity index (χ1v) is 12.7. The van der Waals surface area contributed by atoms with Gasteiger partial charge in [-0.1, -0.05) is 12.8 Å². The number of Topliss-reactive ketones (excluding diaryl/α,β-unsaturated/α-hetero) is 2. The first kappa shape index (κ1) is 28.3. The number of nitrogens with zero attached hydrogens (tertiary/aromatic N) is 1. The molecule has 0 radical (unpaired) electrons. The molecule has 8 nitrogen and oxygen atoms in total. The third-order valence-corrected chi connectivity index (χ3v) is 7.01. The number of thioether (sulfide) groups is 1. The zero-order chi connectivity index (χ0) is 23.9. The van der Waals surface area contributed by atoms with Crippen LogP contribution in [0, 0.1) is 5.92 Å². The summed E-state index contributed by atoms with van der Waals surface area (Å²) in [5.74, 6) is 0.528. The molecule has 0 bridgehead atoms. The van der Waals surface area contributed by atoms with Crippen LogP contribution < -0.4 is 11.1 Å². The Bertz CT molecular complexity index is 656. The Kier molecular flexibility index (Phi) is 14.1. The van der Waals surface area contributed by atoms with Gasteiger partial charge in [-0.2, -0.15) is 0 Å². The highest BCUT2D eigenvalue weighted by Crippen LogP contribution is 2.25. The number of likely N-dealkylation sites (tertiary alicyclic amines) is 1. The van der Waals surface area contributed by atoms with Gasteiger partial charge in [0, 0.05) is 45.2 Å². The number of imide groups is 1. The molecule has 0 aromatic rings. The second kappa shape index (κ2) is 16.0. The molecule has 0 saturated carbocycles. The highest BCUT2D eigenvalue weighted by Gasteiger charge is 2.35. The van der Waals surface area contributed by atoms with Gasteiger partial charge in [0.05, 0.1) is 5.25 Å². The summed E-state index contributed by atoms with van der Waals surface area (Å²) in [5.41, 5.74) is 5.42. The molecule has 0 spiro atoms. The van der Waals surface area contributed by atoms with E-state index in [0.717, 1.165) is 37.9 Å². The Morgan fingerprint density at radius 1 is 1.09 bits per heavy atom. The summed E-state index contributed by atoms with van der Waals surface area (Å²) in [6, 6.07) is 0. The highest BCUT2D eigenvalue weighted by molar-refractivity contribution is 8.00. The smallest absolute Gasteiger partial charge is 0.242 e. The van der Waals surface area contributed by atoms with Gasteiger partial charge in [0.25, 0.3) is 0 Å². The van der Waals surface area contributed by atoms with Gasteiger partial charge in [-0.05, 0) is 51.3 Å². The molecule has 1 heterocycles. The molecule has 0 aromatic heterocycles. The summed E-state index contributed by atoms with van der Waals surface area (Å²) >= 11 is 1.53. The van der Waals surface area contributed by atoms with Crippen molar-refractivity contribution in [1.82, 2.24) is 10.2 Å². The summed E-state index contributed by atoms with van der Waals surface area (Å²) in [4.78, 5) is 60.1. The van der Waals surface area contributed by atoms with Crippen LogP contribution in [-0.4, -0.2) is 65.3 Å². The first-order valence-electron chi connectivity index (χ1n) is 11.7. The van der Waals surface area contributed by atoms with E-state index in [1.165, 1.54) is 30.6 Å². The molecule has 1 aliphatic heterocycles. The zero-order valence-electron chi connectivity index (χ0n) is 19.5. The molecule has 32 heavy (non-hydrogen) atoms. The van der Waals surface area contributed by atoms with Gasteiger partial charge in [0.15, 0.2) is 0 Å². The van der Waals surface area contributed by atoms with Crippen LogP contribution in [0.3, 0.4) is 0 Å². The van der Waals surface area contributed by atoms with E-state index in [1.807, 2.05) is 0 Å². The predicted octanol–water partition coefficient (Wildman–Crippen LogP) is 2.23. The maximum absolute atomic E-state index is 11.9. The van der Waals surface area contributed by atoms with Crippen LogP contribution in [-0.2, 0) is 24.0 Å². The van der Waals surface area contributed by atoms with Gasteiger partial charge in [0.1, 0.15) is 11.6 Å². The predicted molar refractivity (Wildman–Crippen MR) is 126 cm³/mol. The van der Waals surface area contributed by atoms with Gasteiger partial charge in [-0.3, -0.25) is 28.9 Å². The Labute approximate surface area is 195 Å². The van der Waals surface area contributed by atoms with Gasteiger partial charge < -0.3 is 11.1 Å². The quantitative estimate of drug-likeness (QED) is 0.233. The molecular weight excluding hydrogens is 430 g/mol. The van der Waals surface area contributed by atoms with E-state index in [9.17, 15) is 24.0 Å². The molecule has 0 aromatic carbocycles. The minimum Gasteiger partial charge on any atom is -0.356 e. The van der Waals surface area contributed by atoms with E-state index >= 15 is 0 Å². The minimum atomic E-state index is -0.248. The lowest BCUT2D eigenvalue weighted by Crippen LogP contribution is -2.26. The van der Waals surface area contributed by atoms with Crippen LogP contribution in [0.2, 0.25) is 0 Å². The van der Waals surface area contributed by atoms with Crippen molar-refractivity contribution in [1.29, 1.82) is 0 Å². The van der Waals surface area contributed by atoms with Crippen molar-refractivity contribution in [2.45, 2.75) is 82.8 Å². The number of unbranched alkanes of at least 4 members (excludes halogenated alkanes) is 3. The third-order valence-electron chi connectivity index (χ3n) is 5.72. The molecule has 9 heteroatoms. The Hall–Kier alpha value is -1.74. The average Bonchev–Trinajstić information content (AvgIpc) is 3.00. The third kappa shape index (κ3) is 11.2. The first-order chi connectivity index (χ1) is 15.3. The highest BCUT2D eigenvalue weighted by atomic mass is 32.2. The normalized spacial score (nSPS) is 17.0. The summed E-state index contributed by atoms with van der Waals surface area (Å²) in [6.45, 7) is 2.59. The number of nitrogens with two attached hydrogens (primary N) is 1. The van der Waals surface area contributed by atoms with Crippen LogP contribution in [0.1, 0.15) is 77.6 Å². The van der Waals surface area contributed by atoms with Crippen molar-refractivity contribution >= 4 is 41.0 Å². The molecule has 1 aliphatic rings. The molecule has 1 fully saturated rings. The fourth-order valence-corrected chi connectivity index (χ4v) is 4.82. The van der Waals surface area contributed by atoms with Crippen molar-refractivity contribution in [3.05, 3.63) is 0 Å². The lowest BCUT2D eigenvalue weighted by atomic mass is 9.91. The summed E-state index contributed by atoms with van der Waals surface area (Å²) in [7, 11) is 1.53. The fraction of sp³-hybridized carbons (Fsp3) is 0.783. The van der Waals surface area contributed by atoms with Crippen molar-refractivity contribution < 1.29 is 24.0 Å². The maximum atomic E-state index is 11.9. The lowest BCUT2D eigenvalue weighted by molar-refractivity contribution is -0.136. The van der Waals surface area contributed by atoms with Crippen molar-refractivity contribution in [3.8, 4) is 0 Å². The summed E-state index contributed by atoms with van der Waals surface area (Å²) in [6.07, 6.45) is 7.01. The van der Waals surface area contributed by atoms with Gasteiger partial charge in [0.2, 0.25) is 17.7 Å². The number of nitrogens with one attached hydrogen (secondary N) is 1. The van der Waals surface area contributed by atoms with E-state index < -0.39 is 0 Å². The molecule has 182 valence electrons. The second-order valence-corrected chi connectivity index (χ2v) is 9.76. The number of hydrogen-bond acceptors (Lipinski definition) is 7. The van der Waals surface area contributed by atoms with Crippen LogP contribution in [0.4, 0.5) is 0 Å². The summed E-state index contributed by atoms with van der Waals surface area (Å²) in [5, 5.41) is 2.66. The monoisotopic (exact) mass is 469 g/mol. The molecule has 0 aliphatic carbocycles. The van der Waals surface area contributed by atoms with Crippen LogP contribution in [0.15, 0.2) is 0 Å². The number of ketones is 2. The number of hydrogen-bond donors (Lipinski definition) is 2. The fourth-order valence-electron chi connectivity index (χ4n) is 3.60. The lowest BCUT2D eigenvalue weighted by Gasteiger charge is -2.13. The van der Waals surface area contributed by atoms with Gasteiger partial charge in [-0.15, -0.1) is 11.8 Å². The van der Waals surface area contributed by atoms with Crippen LogP contribution >= 0.6 is 11.8 Å². The molecule has 3 amide bonds. The van der Waals surface area contributed by atoms with E-state index in [0.29, 0.717) is 51.6 Å². The molecular formula is C23H39N3O5S. The molecule has 2 atom stereocenters. The van der Waals surface area contributed by atoms with Crippen molar-refractivity contribution in [2.75, 3.05) is 25.9 Å².